The molecule has 6 nitrogen and oxygen atoms in total. The van der Waals surface area contributed by atoms with Gasteiger partial charge >= 0.3 is 0 Å². The summed E-state index contributed by atoms with van der Waals surface area (Å²) in [4.78, 5) is 15.0. The molecule has 1 aliphatic rings. The van der Waals surface area contributed by atoms with Gasteiger partial charge in [-0.2, -0.15) is 0 Å². The molecule has 0 bridgehead atoms. The third-order valence-electron chi connectivity index (χ3n) is 4.46. The molecular weight excluding hydrogens is 332 g/mol. The molecule has 0 saturated carbocycles. The quantitative estimate of drug-likeness (QED) is 0.825. The lowest BCUT2D eigenvalue weighted by atomic mass is 10.1. The number of morpholine rings is 1. The maximum absolute atomic E-state index is 12.7. The zero-order chi connectivity index (χ0) is 18.4. The molecule has 2 heterocycles. The van der Waals surface area contributed by atoms with E-state index in [1.54, 1.807) is 6.07 Å². The van der Waals surface area contributed by atoms with Crippen molar-refractivity contribution in [1.82, 2.24) is 10.2 Å². The first-order chi connectivity index (χ1) is 12.7. The molecule has 26 heavy (non-hydrogen) atoms. The van der Waals surface area contributed by atoms with Crippen molar-refractivity contribution >= 4 is 5.91 Å². The molecule has 6 heteroatoms. The lowest BCUT2D eigenvalue weighted by molar-refractivity contribution is 0.0117. The summed E-state index contributed by atoms with van der Waals surface area (Å²) >= 11 is 0. The van der Waals surface area contributed by atoms with Gasteiger partial charge in [0.1, 0.15) is 17.3 Å². The largest absolute Gasteiger partial charge is 0.493 e. The molecule has 1 aromatic heterocycles. The number of aryl methyl sites for hydroxylation is 1. The van der Waals surface area contributed by atoms with Crippen molar-refractivity contribution in [3.05, 3.63) is 53.5 Å². The molecular formula is C20H26N2O4. The fraction of sp³-hybridized carbons (Fsp3) is 0.450. The molecule has 1 saturated heterocycles. The van der Waals surface area contributed by atoms with Crippen LogP contribution in [0.1, 0.15) is 34.8 Å². The number of nitrogens with one attached hydrogen (secondary N) is 1. The van der Waals surface area contributed by atoms with E-state index in [1.165, 1.54) is 0 Å². The highest BCUT2D eigenvalue weighted by molar-refractivity contribution is 5.96. The van der Waals surface area contributed by atoms with Crippen LogP contribution in [0.15, 0.2) is 40.8 Å². The van der Waals surface area contributed by atoms with Crippen LogP contribution in [0.4, 0.5) is 0 Å². The monoisotopic (exact) mass is 358 g/mol. The van der Waals surface area contributed by atoms with E-state index >= 15 is 0 Å². The van der Waals surface area contributed by atoms with E-state index in [0.29, 0.717) is 37.7 Å². The minimum atomic E-state index is -0.143. The Hall–Kier alpha value is -2.31. The number of amides is 1. The van der Waals surface area contributed by atoms with Crippen molar-refractivity contribution in [1.29, 1.82) is 0 Å². The number of nitrogens with zero attached hydrogens (tertiary/aromatic N) is 1. The van der Waals surface area contributed by atoms with Gasteiger partial charge in [0.2, 0.25) is 0 Å². The molecule has 0 aliphatic carbocycles. The lowest BCUT2D eigenvalue weighted by Gasteiger charge is -2.33. The molecule has 1 amide bonds. The molecule has 0 spiro atoms. The number of furan rings is 1. The van der Waals surface area contributed by atoms with E-state index in [0.717, 1.165) is 24.6 Å². The Labute approximate surface area is 154 Å². The zero-order valence-corrected chi connectivity index (χ0v) is 15.4. The molecule has 0 unspecified atom stereocenters. The van der Waals surface area contributed by atoms with E-state index < -0.39 is 0 Å². The van der Waals surface area contributed by atoms with Crippen LogP contribution < -0.4 is 10.1 Å². The van der Waals surface area contributed by atoms with Crippen molar-refractivity contribution in [2.24, 2.45) is 0 Å². The highest BCUT2D eigenvalue weighted by atomic mass is 16.5. The Balaban J connectivity index is 1.72. The average Bonchev–Trinajstić information content (AvgIpc) is 3.09. The number of rotatable bonds is 7. The maximum atomic E-state index is 12.7. The summed E-state index contributed by atoms with van der Waals surface area (Å²) in [5.41, 5.74) is 0.547. The van der Waals surface area contributed by atoms with Crippen LogP contribution in [0.25, 0.3) is 0 Å². The number of hydrogen-bond donors (Lipinski definition) is 1. The summed E-state index contributed by atoms with van der Waals surface area (Å²) in [6.45, 7) is 7.83. The Morgan fingerprint density at radius 1 is 1.23 bits per heavy atom. The minimum Gasteiger partial charge on any atom is -0.493 e. The van der Waals surface area contributed by atoms with E-state index in [9.17, 15) is 4.79 Å². The molecule has 1 fully saturated rings. The number of carbonyl (C=O) groups is 1. The summed E-state index contributed by atoms with van der Waals surface area (Å²) in [7, 11) is 0. The van der Waals surface area contributed by atoms with Gasteiger partial charge in [0.25, 0.3) is 5.91 Å². The Morgan fingerprint density at radius 3 is 2.69 bits per heavy atom. The van der Waals surface area contributed by atoms with Gasteiger partial charge in [0.15, 0.2) is 0 Å². The lowest BCUT2D eigenvalue weighted by Crippen LogP contribution is -2.43. The van der Waals surface area contributed by atoms with Gasteiger partial charge in [-0.25, -0.2) is 0 Å². The predicted octanol–water partition coefficient (Wildman–Crippen LogP) is 2.79. The Morgan fingerprint density at radius 2 is 2.00 bits per heavy atom. The van der Waals surface area contributed by atoms with Crippen molar-refractivity contribution in [2.75, 3.05) is 39.5 Å². The number of para-hydroxylation sites is 1. The van der Waals surface area contributed by atoms with Gasteiger partial charge in [-0.05, 0) is 38.1 Å². The third kappa shape index (κ3) is 4.45. The summed E-state index contributed by atoms with van der Waals surface area (Å²) in [6.07, 6.45) is 0. The first-order valence-corrected chi connectivity index (χ1v) is 9.07. The summed E-state index contributed by atoms with van der Waals surface area (Å²) in [5, 5.41) is 3.04. The fourth-order valence-corrected chi connectivity index (χ4v) is 3.15. The van der Waals surface area contributed by atoms with Crippen molar-refractivity contribution in [2.45, 2.75) is 19.9 Å². The second-order valence-electron chi connectivity index (χ2n) is 6.25. The fourth-order valence-electron chi connectivity index (χ4n) is 3.15. The second-order valence-corrected chi connectivity index (χ2v) is 6.25. The van der Waals surface area contributed by atoms with E-state index in [1.807, 2.05) is 44.2 Å². The van der Waals surface area contributed by atoms with Crippen LogP contribution in [0.2, 0.25) is 0 Å². The topological polar surface area (TPSA) is 63.9 Å². The van der Waals surface area contributed by atoms with E-state index in [2.05, 4.69) is 10.2 Å². The first kappa shape index (κ1) is 18.5. The van der Waals surface area contributed by atoms with Gasteiger partial charge in [0.05, 0.1) is 31.4 Å². The van der Waals surface area contributed by atoms with Gasteiger partial charge < -0.3 is 19.2 Å². The molecule has 3 rings (SSSR count). The minimum absolute atomic E-state index is 0.0178. The average molecular weight is 358 g/mol. The standard InChI is InChI=1S/C20H26N2O4/c1-3-25-18-7-5-4-6-16(18)20(23)21-14-17(19-9-8-15(2)26-19)22-10-12-24-13-11-22/h4-9,17H,3,10-14H2,1-2H3,(H,21,23)/t17-/m1/s1. The smallest absolute Gasteiger partial charge is 0.255 e. The molecule has 140 valence electrons. The number of benzene rings is 1. The van der Waals surface area contributed by atoms with E-state index in [4.69, 9.17) is 13.9 Å². The summed E-state index contributed by atoms with van der Waals surface area (Å²) < 4.78 is 16.9. The normalized spacial score (nSPS) is 16.2. The van der Waals surface area contributed by atoms with Crippen molar-refractivity contribution in [3.63, 3.8) is 0 Å². The van der Waals surface area contributed by atoms with Crippen LogP contribution in [0, 0.1) is 6.92 Å². The number of carbonyl (C=O) groups excluding carboxylic acids is 1. The van der Waals surface area contributed by atoms with Crippen LogP contribution in [-0.2, 0) is 4.74 Å². The maximum Gasteiger partial charge on any atom is 0.255 e. The van der Waals surface area contributed by atoms with Gasteiger partial charge in [-0.1, -0.05) is 12.1 Å². The predicted molar refractivity (Wildman–Crippen MR) is 98.5 cm³/mol. The highest BCUT2D eigenvalue weighted by Crippen LogP contribution is 2.24. The zero-order valence-electron chi connectivity index (χ0n) is 15.4. The van der Waals surface area contributed by atoms with Crippen LogP contribution in [0.5, 0.6) is 5.75 Å². The van der Waals surface area contributed by atoms with Crippen molar-refractivity contribution < 1.29 is 18.7 Å². The van der Waals surface area contributed by atoms with Gasteiger partial charge in [0, 0.05) is 19.6 Å². The van der Waals surface area contributed by atoms with Crippen LogP contribution in [-0.4, -0.2) is 50.3 Å². The van der Waals surface area contributed by atoms with Crippen LogP contribution in [0.3, 0.4) is 0 Å². The second kappa shape index (κ2) is 8.87. The molecule has 1 atom stereocenters. The highest BCUT2D eigenvalue weighted by Gasteiger charge is 2.26. The number of hydrogen-bond acceptors (Lipinski definition) is 5. The molecule has 1 N–H and O–H groups in total. The van der Waals surface area contributed by atoms with E-state index in [-0.39, 0.29) is 11.9 Å². The summed E-state index contributed by atoms with van der Waals surface area (Å²) in [5.74, 6) is 2.19. The van der Waals surface area contributed by atoms with Gasteiger partial charge in [-0.15, -0.1) is 0 Å². The molecule has 1 aliphatic heterocycles. The summed E-state index contributed by atoms with van der Waals surface area (Å²) in [6, 6.07) is 11.2. The van der Waals surface area contributed by atoms with Gasteiger partial charge in [-0.3, -0.25) is 9.69 Å². The molecule has 2 aromatic rings. The number of ether oxygens (including phenoxy) is 2. The Bertz CT molecular complexity index is 722. The third-order valence-corrected chi connectivity index (χ3v) is 4.46. The van der Waals surface area contributed by atoms with Crippen LogP contribution >= 0.6 is 0 Å². The first-order valence-electron chi connectivity index (χ1n) is 9.07. The Kier molecular flexibility index (Phi) is 6.30. The molecule has 1 aromatic carbocycles. The molecule has 0 radical (unpaired) electrons. The van der Waals surface area contributed by atoms with Crippen molar-refractivity contribution in [3.8, 4) is 5.75 Å². The SMILES string of the molecule is CCOc1ccccc1C(=O)NC[C@H](c1ccc(C)o1)N1CCOCC1.